The minimum absolute atomic E-state index is 0.0277. The first-order valence-corrected chi connectivity index (χ1v) is 21.6. The van der Waals surface area contributed by atoms with E-state index in [2.05, 4.69) is 35.3 Å². The van der Waals surface area contributed by atoms with E-state index in [9.17, 15) is 27.6 Å². The van der Waals surface area contributed by atoms with E-state index in [1.54, 1.807) is 14.2 Å². The molecule has 14 heteroatoms. The number of rotatable bonds is 9. The number of carbonyl (C=O) groups excluding carboxylic acids is 4. The molecule has 4 aliphatic rings. The van der Waals surface area contributed by atoms with Crippen molar-refractivity contribution in [3.63, 3.8) is 0 Å². The maximum absolute atomic E-state index is 14.9. The summed E-state index contributed by atoms with van der Waals surface area (Å²) in [7, 11) is -0.661. The fourth-order valence-electron chi connectivity index (χ4n) is 8.58. The summed E-state index contributed by atoms with van der Waals surface area (Å²) in [6, 6.07) is 7.89. The van der Waals surface area contributed by atoms with Gasteiger partial charge in [-0.25, -0.2) is 13.2 Å². The molecule has 13 nitrogen and oxygen atoms in total. The lowest BCUT2D eigenvalue weighted by Crippen LogP contribution is -2.60. The Balaban J connectivity index is 1.42. The van der Waals surface area contributed by atoms with Gasteiger partial charge in [0.1, 0.15) is 29.0 Å². The first-order valence-electron chi connectivity index (χ1n) is 20.1. The zero-order chi connectivity index (χ0) is 40.8. The van der Waals surface area contributed by atoms with E-state index in [0.717, 1.165) is 53.3 Å². The molecule has 2 saturated carbocycles. The van der Waals surface area contributed by atoms with E-state index in [-0.39, 0.29) is 37.3 Å². The third kappa shape index (κ3) is 8.51. The number of methoxy groups -OCH3 is 2. The van der Waals surface area contributed by atoms with Gasteiger partial charge in [0.05, 0.1) is 25.5 Å². The molecule has 3 fully saturated rings. The Bertz CT molecular complexity index is 1970. The molecular weight excluding hydrogens is 737 g/mol. The standard InChI is InChI=1S/C42H60N4O9S/c1-9-11-30-23-42(30,37(49)45-56(51,52)31-15-16-31)44-35(47)32-24-41(54-8)25-46(32)36(48)34(39(2,3)4)43-38(50)55-19-18-40(5,6)17-10-12-27-20-28-21-29(41)14-13-26(28)22-33(27)53-7/h13-14,20-22,30-32,34H,9-12,15-19,23-25H2,1-8H3,(H,43,50)(H,44,47)(H,45,49)/t30-,32+,34-,41+,42-/m1/s1. The van der Waals surface area contributed by atoms with Crippen molar-refractivity contribution < 1.29 is 41.8 Å². The Morgan fingerprint density at radius 1 is 1.04 bits per heavy atom. The van der Waals surface area contributed by atoms with Crippen LogP contribution in [0.2, 0.25) is 0 Å². The second kappa shape index (κ2) is 15.4. The summed E-state index contributed by atoms with van der Waals surface area (Å²) in [5.41, 5.74) is -1.70. The first kappa shape index (κ1) is 41.7. The number of sulfonamides is 1. The highest BCUT2D eigenvalue weighted by atomic mass is 32.2. The van der Waals surface area contributed by atoms with Crippen LogP contribution in [0.3, 0.4) is 0 Å². The third-order valence-electron chi connectivity index (χ3n) is 12.4. The van der Waals surface area contributed by atoms with Gasteiger partial charge in [0.25, 0.3) is 5.91 Å². The van der Waals surface area contributed by atoms with Crippen LogP contribution in [0.25, 0.3) is 10.8 Å². The third-order valence-corrected chi connectivity index (χ3v) is 14.3. The summed E-state index contributed by atoms with van der Waals surface area (Å²) in [6.07, 6.45) is 5.07. The van der Waals surface area contributed by atoms with Crippen LogP contribution < -0.4 is 20.1 Å². The number of nitrogens with zero attached hydrogens (tertiary/aromatic N) is 1. The summed E-state index contributed by atoms with van der Waals surface area (Å²) in [4.78, 5) is 58.2. The molecule has 2 heterocycles. The number of hydrogen-bond donors (Lipinski definition) is 3. The van der Waals surface area contributed by atoms with Gasteiger partial charge in [-0.3, -0.25) is 19.1 Å². The monoisotopic (exact) mass is 796 g/mol. The topological polar surface area (TPSA) is 169 Å². The Morgan fingerprint density at radius 2 is 1.77 bits per heavy atom. The van der Waals surface area contributed by atoms with E-state index in [4.69, 9.17) is 14.2 Å². The van der Waals surface area contributed by atoms with Crippen molar-refractivity contribution in [3.8, 4) is 5.75 Å². The number of alkyl carbamates (subject to hydrolysis) is 1. The van der Waals surface area contributed by atoms with Crippen LogP contribution >= 0.6 is 0 Å². The van der Waals surface area contributed by atoms with Crippen LogP contribution in [0.4, 0.5) is 4.79 Å². The molecule has 0 radical (unpaired) electrons. The Hall–Kier alpha value is -3.91. The van der Waals surface area contributed by atoms with Crippen molar-refractivity contribution in [1.82, 2.24) is 20.3 Å². The fraction of sp³-hybridized carbons (Fsp3) is 0.667. The number of carbonyl (C=O) groups is 4. The van der Waals surface area contributed by atoms with Gasteiger partial charge >= 0.3 is 6.09 Å². The maximum atomic E-state index is 14.9. The SMILES string of the molecule is CCC[C@@H]1C[C@]1(NC(=O)[C@@H]1C[C@]2(OC)CN1C(=O)[C@H](C(C)(C)C)NC(=O)OCCC(C)(C)CCCc1cc3cc2ccc3cc1OC)C(=O)NS(=O)(=O)C1CC1. The highest BCUT2D eigenvalue weighted by Crippen LogP contribution is 2.49. The number of aryl methyl sites for hydroxylation is 1. The molecule has 2 aliphatic carbocycles. The molecule has 1 saturated heterocycles. The van der Waals surface area contributed by atoms with Crippen LogP contribution in [0.1, 0.15) is 110 Å². The molecule has 5 atom stereocenters. The average molecular weight is 797 g/mol. The molecular formula is C42H60N4O9S. The highest BCUT2D eigenvalue weighted by molar-refractivity contribution is 7.91. The fourth-order valence-corrected chi connectivity index (χ4v) is 9.95. The lowest BCUT2D eigenvalue weighted by atomic mass is 9.83. The van der Waals surface area contributed by atoms with Gasteiger partial charge in [0, 0.05) is 13.5 Å². The number of hydrogen-bond acceptors (Lipinski definition) is 9. The Kier molecular flexibility index (Phi) is 11.5. The molecule has 2 aliphatic heterocycles. The van der Waals surface area contributed by atoms with Gasteiger partial charge in [-0.1, -0.05) is 60.1 Å². The van der Waals surface area contributed by atoms with Crippen molar-refractivity contribution in [2.24, 2.45) is 16.7 Å². The van der Waals surface area contributed by atoms with E-state index in [0.29, 0.717) is 25.7 Å². The summed E-state index contributed by atoms with van der Waals surface area (Å²) >= 11 is 0. The van der Waals surface area contributed by atoms with Crippen molar-refractivity contribution in [1.29, 1.82) is 0 Å². The Labute approximate surface area is 331 Å². The molecule has 0 spiro atoms. The minimum atomic E-state index is -3.88. The minimum Gasteiger partial charge on any atom is -0.496 e. The quantitative estimate of drug-likeness (QED) is 0.298. The molecule has 2 aromatic carbocycles. The van der Waals surface area contributed by atoms with Gasteiger partial charge in [-0.2, -0.15) is 0 Å². The molecule has 0 unspecified atom stereocenters. The van der Waals surface area contributed by atoms with E-state index >= 15 is 0 Å². The molecule has 2 aromatic rings. The zero-order valence-electron chi connectivity index (χ0n) is 34.2. The highest BCUT2D eigenvalue weighted by Gasteiger charge is 2.63. The number of amides is 4. The van der Waals surface area contributed by atoms with Crippen LogP contribution in [0.5, 0.6) is 5.75 Å². The number of benzene rings is 2. The Morgan fingerprint density at radius 3 is 2.41 bits per heavy atom. The first-order chi connectivity index (χ1) is 26.3. The summed E-state index contributed by atoms with van der Waals surface area (Å²) in [5, 5.41) is 7.08. The lowest BCUT2D eigenvalue weighted by Gasteiger charge is -2.36. The van der Waals surface area contributed by atoms with Gasteiger partial charge in [-0.05, 0) is 108 Å². The average Bonchev–Trinajstić information content (AvgIpc) is 4.06. The molecule has 6 rings (SSSR count). The summed E-state index contributed by atoms with van der Waals surface area (Å²) < 4.78 is 45.8. The van der Waals surface area contributed by atoms with E-state index in [1.165, 1.54) is 4.90 Å². The zero-order valence-corrected chi connectivity index (χ0v) is 35.0. The number of ether oxygens (including phenoxy) is 3. The van der Waals surface area contributed by atoms with Gasteiger partial charge in [0.15, 0.2) is 0 Å². The van der Waals surface area contributed by atoms with Crippen molar-refractivity contribution >= 4 is 44.6 Å². The van der Waals surface area contributed by atoms with Crippen LogP contribution in [0.15, 0.2) is 30.3 Å². The molecule has 3 N–H and O–H groups in total. The van der Waals surface area contributed by atoms with Crippen molar-refractivity contribution in [2.45, 2.75) is 134 Å². The van der Waals surface area contributed by atoms with Crippen LogP contribution in [-0.2, 0) is 45.9 Å². The number of nitrogens with one attached hydrogen (secondary N) is 3. The summed E-state index contributed by atoms with van der Waals surface area (Å²) in [5.74, 6) is -1.33. The van der Waals surface area contributed by atoms with Crippen molar-refractivity contribution in [3.05, 3.63) is 41.5 Å². The van der Waals surface area contributed by atoms with E-state index < -0.39 is 67.7 Å². The predicted octanol–water partition coefficient (Wildman–Crippen LogP) is 5.47. The molecule has 4 amide bonds. The molecule has 5 bridgehead atoms. The van der Waals surface area contributed by atoms with Gasteiger partial charge < -0.3 is 29.7 Å². The van der Waals surface area contributed by atoms with E-state index in [1.807, 2.05) is 52.0 Å². The van der Waals surface area contributed by atoms with Crippen LogP contribution in [-0.4, -0.2) is 87.4 Å². The molecule has 56 heavy (non-hydrogen) atoms. The molecule has 0 aromatic heterocycles. The van der Waals surface area contributed by atoms with Crippen molar-refractivity contribution in [2.75, 3.05) is 27.4 Å². The largest absolute Gasteiger partial charge is 0.496 e. The maximum Gasteiger partial charge on any atom is 0.407 e. The predicted molar refractivity (Wildman–Crippen MR) is 212 cm³/mol. The number of fused-ring (bicyclic) bond motifs is 5. The van der Waals surface area contributed by atoms with Gasteiger partial charge in [-0.15, -0.1) is 0 Å². The smallest absolute Gasteiger partial charge is 0.407 e. The number of cyclic esters (lactones) is 1. The second-order valence-electron chi connectivity index (χ2n) is 18.3. The molecule has 308 valence electrons. The lowest BCUT2D eigenvalue weighted by molar-refractivity contribution is -0.143. The van der Waals surface area contributed by atoms with Crippen LogP contribution in [0, 0.1) is 16.7 Å². The normalized spacial score (nSPS) is 28.5. The summed E-state index contributed by atoms with van der Waals surface area (Å²) in [6.45, 7) is 11.9. The van der Waals surface area contributed by atoms with Gasteiger partial charge in [0.2, 0.25) is 21.8 Å². The second-order valence-corrected chi connectivity index (χ2v) is 20.2.